The van der Waals surface area contributed by atoms with Crippen LogP contribution in [0.1, 0.15) is 29.7 Å². The van der Waals surface area contributed by atoms with Gasteiger partial charge in [-0.2, -0.15) is 5.10 Å². The first-order valence-electron chi connectivity index (χ1n) is 7.46. The van der Waals surface area contributed by atoms with Crippen molar-refractivity contribution in [1.82, 2.24) is 5.43 Å². The Kier molecular flexibility index (Phi) is 7.14. The van der Waals surface area contributed by atoms with E-state index in [1.807, 2.05) is 42.6 Å². The molecule has 0 radical (unpaired) electrons. The van der Waals surface area contributed by atoms with Crippen molar-refractivity contribution in [3.05, 3.63) is 50.6 Å². The molecule has 7 heteroatoms. The summed E-state index contributed by atoms with van der Waals surface area (Å²) >= 11 is 4.92. The van der Waals surface area contributed by atoms with Crippen LogP contribution in [0.4, 0.5) is 5.69 Å². The highest BCUT2D eigenvalue weighted by Crippen LogP contribution is 2.16. The number of aryl methyl sites for hydroxylation is 1. The van der Waals surface area contributed by atoms with Crippen molar-refractivity contribution >= 4 is 51.0 Å². The summed E-state index contributed by atoms with van der Waals surface area (Å²) in [5.41, 5.74) is 4.34. The van der Waals surface area contributed by atoms with E-state index >= 15 is 0 Å². The molecule has 0 aliphatic heterocycles. The molecule has 1 heterocycles. The van der Waals surface area contributed by atoms with Gasteiger partial charge in [-0.3, -0.25) is 9.59 Å². The molecular weight excluding hydrogens is 390 g/mol. The second kappa shape index (κ2) is 9.34. The van der Waals surface area contributed by atoms with Gasteiger partial charge >= 0.3 is 0 Å². The highest BCUT2D eigenvalue weighted by molar-refractivity contribution is 9.10. The van der Waals surface area contributed by atoms with Crippen LogP contribution in [-0.4, -0.2) is 18.0 Å². The molecule has 2 amide bonds. The highest BCUT2D eigenvalue weighted by Gasteiger charge is 2.05. The van der Waals surface area contributed by atoms with Gasteiger partial charge in [0.25, 0.3) is 0 Å². The van der Waals surface area contributed by atoms with Crippen LogP contribution in [-0.2, 0) is 9.59 Å². The van der Waals surface area contributed by atoms with Crippen LogP contribution < -0.4 is 10.7 Å². The molecule has 2 N–H and O–H groups in total. The third-order valence-electron chi connectivity index (χ3n) is 3.19. The summed E-state index contributed by atoms with van der Waals surface area (Å²) in [7, 11) is 0. The molecule has 1 aromatic carbocycles. The average molecular weight is 408 g/mol. The van der Waals surface area contributed by atoms with Crippen LogP contribution in [0.2, 0.25) is 0 Å². The number of hydrazone groups is 1. The Bertz CT molecular complexity index is 743. The minimum Gasteiger partial charge on any atom is -0.326 e. The largest absolute Gasteiger partial charge is 0.326 e. The molecule has 24 heavy (non-hydrogen) atoms. The molecule has 1 aromatic heterocycles. The van der Waals surface area contributed by atoms with Gasteiger partial charge < -0.3 is 5.32 Å². The number of thiophene rings is 1. The third kappa shape index (κ3) is 6.25. The lowest BCUT2D eigenvalue weighted by molar-refractivity contribution is -0.121. The van der Waals surface area contributed by atoms with Crippen LogP contribution >= 0.6 is 27.3 Å². The first-order valence-corrected chi connectivity index (χ1v) is 9.13. The summed E-state index contributed by atoms with van der Waals surface area (Å²) in [4.78, 5) is 24.5. The molecule has 2 aromatic rings. The topological polar surface area (TPSA) is 70.6 Å². The van der Waals surface area contributed by atoms with E-state index in [1.54, 1.807) is 17.6 Å². The number of nitrogens with zero attached hydrogens (tertiary/aromatic N) is 1. The molecule has 0 spiro atoms. The molecule has 0 fully saturated rings. The SMILES string of the molecule is Cc1ccsc1/C=N\NC(=O)CCCC(=O)Nc1cccc(Br)c1. The number of carbonyl (C=O) groups excluding carboxylic acids is 2. The summed E-state index contributed by atoms with van der Waals surface area (Å²) in [6.45, 7) is 1.99. The minimum absolute atomic E-state index is 0.112. The number of nitrogens with one attached hydrogen (secondary N) is 2. The first-order chi connectivity index (χ1) is 11.5. The maximum Gasteiger partial charge on any atom is 0.240 e. The van der Waals surface area contributed by atoms with Gasteiger partial charge in [0.1, 0.15) is 0 Å². The Morgan fingerprint density at radius 2 is 2.04 bits per heavy atom. The number of hydrogen-bond acceptors (Lipinski definition) is 4. The van der Waals surface area contributed by atoms with E-state index in [4.69, 9.17) is 0 Å². The predicted molar refractivity (Wildman–Crippen MR) is 101 cm³/mol. The van der Waals surface area contributed by atoms with E-state index in [9.17, 15) is 9.59 Å². The molecule has 0 saturated carbocycles. The van der Waals surface area contributed by atoms with Crippen molar-refractivity contribution in [1.29, 1.82) is 0 Å². The van der Waals surface area contributed by atoms with Gasteiger partial charge in [0, 0.05) is 27.9 Å². The maximum absolute atomic E-state index is 11.8. The van der Waals surface area contributed by atoms with Gasteiger partial charge in [-0.15, -0.1) is 11.3 Å². The van der Waals surface area contributed by atoms with Crippen molar-refractivity contribution in [2.75, 3.05) is 5.32 Å². The van der Waals surface area contributed by atoms with Gasteiger partial charge in [-0.25, -0.2) is 5.43 Å². The maximum atomic E-state index is 11.8. The van der Waals surface area contributed by atoms with Gasteiger partial charge in [-0.1, -0.05) is 22.0 Å². The van der Waals surface area contributed by atoms with Gasteiger partial charge in [0.2, 0.25) is 11.8 Å². The Balaban J connectivity index is 1.66. The summed E-state index contributed by atoms with van der Waals surface area (Å²) < 4.78 is 0.901. The van der Waals surface area contributed by atoms with E-state index in [-0.39, 0.29) is 24.7 Å². The molecule has 0 bridgehead atoms. The zero-order valence-electron chi connectivity index (χ0n) is 13.2. The molecule has 5 nitrogen and oxygen atoms in total. The number of amides is 2. The van der Waals surface area contributed by atoms with Crippen LogP contribution in [0, 0.1) is 6.92 Å². The summed E-state index contributed by atoms with van der Waals surface area (Å²) in [5.74, 6) is -0.311. The molecule has 0 saturated heterocycles. The Labute approximate surface area is 153 Å². The third-order valence-corrected chi connectivity index (χ3v) is 4.64. The Hall–Kier alpha value is -1.99. The van der Waals surface area contributed by atoms with E-state index in [1.165, 1.54) is 0 Å². The second-order valence-electron chi connectivity index (χ2n) is 5.17. The molecule has 0 unspecified atom stereocenters. The molecule has 0 atom stereocenters. The molecular formula is C17H18BrN3O2S. The van der Waals surface area contributed by atoms with E-state index in [2.05, 4.69) is 31.8 Å². The zero-order valence-corrected chi connectivity index (χ0v) is 15.6. The van der Waals surface area contributed by atoms with E-state index in [0.717, 1.165) is 20.6 Å². The fourth-order valence-corrected chi connectivity index (χ4v) is 3.12. The van der Waals surface area contributed by atoms with E-state index < -0.39 is 0 Å². The lowest BCUT2D eigenvalue weighted by atomic mass is 10.2. The van der Waals surface area contributed by atoms with Crippen molar-refractivity contribution < 1.29 is 9.59 Å². The number of benzene rings is 1. The van der Waals surface area contributed by atoms with Crippen LogP contribution in [0.3, 0.4) is 0 Å². The number of halogens is 1. The lowest BCUT2D eigenvalue weighted by Gasteiger charge is -2.05. The highest BCUT2D eigenvalue weighted by atomic mass is 79.9. The van der Waals surface area contributed by atoms with Crippen LogP contribution in [0.5, 0.6) is 0 Å². The number of anilines is 1. The summed E-state index contributed by atoms with van der Waals surface area (Å²) in [6.07, 6.45) is 2.65. The first kappa shape index (κ1) is 18.4. The Morgan fingerprint density at radius 3 is 2.75 bits per heavy atom. The monoisotopic (exact) mass is 407 g/mol. The minimum atomic E-state index is -0.198. The second-order valence-corrected chi connectivity index (χ2v) is 7.04. The predicted octanol–water partition coefficient (Wildman–Crippen LogP) is 4.08. The molecule has 0 aliphatic carbocycles. The van der Waals surface area contributed by atoms with Crippen molar-refractivity contribution in [2.24, 2.45) is 5.10 Å². The normalized spacial score (nSPS) is 10.8. The van der Waals surface area contributed by atoms with Crippen LogP contribution in [0.25, 0.3) is 0 Å². The van der Waals surface area contributed by atoms with Gasteiger partial charge in [0.15, 0.2) is 0 Å². The Morgan fingerprint density at radius 1 is 1.25 bits per heavy atom. The van der Waals surface area contributed by atoms with Gasteiger partial charge in [0.05, 0.1) is 6.21 Å². The fourth-order valence-electron chi connectivity index (χ4n) is 1.93. The number of hydrogen-bond donors (Lipinski definition) is 2. The zero-order chi connectivity index (χ0) is 17.4. The van der Waals surface area contributed by atoms with Crippen molar-refractivity contribution in [3.63, 3.8) is 0 Å². The lowest BCUT2D eigenvalue weighted by Crippen LogP contribution is -2.18. The van der Waals surface area contributed by atoms with Crippen LogP contribution in [0.15, 0.2) is 45.3 Å². The average Bonchev–Trinajstić information content (AvgIpc) is 2.92. The smallest absolute Gasteiger partial charge is 0.240 e. The molecule has 126 valence electrons. The number of carbonyl (C=O) groups is 2. The van der Waals surface area contributed by atoms with Crippen molar-refractivity contribution in [3.8, 4) is 0 Å². The quantitative estimate of drug-likeness (QED) is 0.536. The standard InChI is InChI=1S/C17H18BrN3O2S/c1-12-8-9-24-15(12)11-19-21-17(23)7-3-6-16(22)20-14-5-2-4-13(18)10-14/h2,4-5,8-11H,3,6-7H2,1H3,(H,20,22)(H,21,23)/b19-11-. The van der Waals surface area contributed by atoms with Crippen molar-refractivity contribution in [2.45, 2.75) is 26.2 Å². The molecule has 0 aliphatic rings. The summed E-state index contributed by atoms with van der Waals surface area (Å²) in [5, 5.41) is 8.70. The summed E-state index contributed by atoms with van der Waals surface area (Å²) in [6, 6.07) is 9.37. The molecule has 2 rings (SSSR count). The fraction of sp³-hybridized carbons (Fsp3) is 0.235. The van der Waals surface area contributed by atoms with Gasteiger partial charge in [-0.05, 0) is 48.6 Å². The number of rotatable bonds is 7. The van der Waals surface area contributed by atoms with E-state index in [0.29, 0.717) is 6.42 Å².